The van der Waals surface area contributed by atoms with Gasteiger partial charge in [-0.05, 0) is 69.4 Å². The van der Waals surface area contributed by atoms with Crippen molar-refractivity contribution in [1.29, 1.82) is 0 Å². The summed E-state index contributed by atoms with van der Waals surface area (Å²) < 4.78 is 12.3. The maximum atomic E-state index is 6.76. The van der Waals surface area contributed by atoms with Gasteiger partial charge in [-0.2, -0.15) is 0 Å². The molecule has 2 heterocycles. The van der Waals surface area contributed by atoms with Gasteiger partial charge in [0, 0.05) is 21.5 Å². The van der Waals surface area contributed by atoms with Crippen LogP contribution in [0.25, 0.3) is 77.4 Å². The monoisotopic (exact) mass is 470 g/mol. The van der Waals surface area contributed by atoms with Crippen LogP contribution in [0.3, 0.4) is 0 Å². The molecular formula is C30H15ClN2O2. The minimum absolute atomic E-state index is 0.597. The molecule has 0 aliphatic carbocycles. The molecule has 0 aliphatic heterocycles. The Labute approximate surface area is 203 Å². The van der Waals surface area contributed by atoms with Crippen LogP contribution in [0.2, 0.25) is 5.02 Å². The summed E-state index contributed by atoms with van der Waals surface area (Å²) in [6.45, 7) is 0. The van der Waals surface area contributed by atoms with Gasteiger partial charge in [0.2, 0.25) is 11.8 Å². The van der Waals surface area contributed by atoms with E-state index in [0.717, 1.165) is 65.6 Å². The van der Waals surface area contributed by atoms with Crippen molar-refractivity contribution < 1.29 is 8.83 Å². The highest BCUT2D eigenvalue weighted by atomic mass is 35.5. The number of halogens is 1. The summed E-state index contributed by atoms with van der Waals surface area (Å²) in [6, 6.07) is 30.2. The molecule has 0 spiro atoms. The third-order valence-electron chi connectivity index (χ3n) is 6.78. The van der Waals surface area contributed by atoms with E-state index in [0.29, 0.717) is 16.8 Å². The maximum absolute atomic E-state index is 6.76. The summed E-state index contributed by atoms with van der Waals surface area (Å²) in [5.41, 5.74) is 5.11. The van der Waals surface area contributed by atoms with Crippen LogP contribution < -0.4 is 0 Å². The normalized spacial score (nSPS) is 12.1. The quantitative estimate of drug-likeness (QED) is 0.237. The second kappa shape index (κ2) is 6.81. The van der Waals surface area contributed by atoms with Gasteiger partial charge in [0.15, 0.2) is 11.2 Å². The van der Waals surface area contributed by atoms with E-state index in [4.69, 9.17) is 30.4 Å². The Morgan fingerprint density at radius 2 is 1.09 bits per heavy atom. The molecule has 0 radical (unpaired) electrons. The van der Waals surface area contributed by atoms with E-state index in [-0.39, 0.29) is 0 Å². The number of para-hydroxylation sites is 4. The smallest absolute Gasteiger partial charge is 0.227 e. The largest absolute Gasteiger partial charge is 0.436 e. The lowest BCUT2D eigenvalue weighted by Crippen LogP contribution is -1.90. The summed E-state index contributed by atoms with van der Waals surface area (Å²) in [4.78, 5) is 9.51. The van der Waals surface area contributed by atoms with Crippen molar-refractivity contribution in [3.63, 3.8) is 0 Å². The Morgan fingerprint density at radius 1 is 0.543 bits per heavy atom. The summed E-state index contributed by atoms with van der Waals surface area (Å²) in [5, 5.41) is 7.10. The Morgan fingerprint density at radius 3 is 1.71 bits per heavy atom. The molecule has 2 aromatic heterocycles. The van der Waals surface area contributed by atoms with Crippen molar-refractivity contribution in [2.24, 2.45) is 0 Å². The first kappa shape index (κ1) is 19.0. The number of hydrogen-bond acceptors (Lipinski definition) is 4. The van der Waals surface area contributed by atoms with Crippen molar-refractivity contribution in [2.75, 3.05) is 0 Å². The zero-order valence-electron chi connectivity index (χ0n) is 18.2. The van der Waals surface area contributed by atoms with Crippen molar-refractivity contribution in [3.05, 3.63) is 96.0 Å². The average molecular weight is 471 g/mol. The highest BCUT2D eigenvalue weighted by molar-refractivity contribution is 6.40. The van der Waals surface area contributed by atoms with Crippen LogP contribution in [0.15, 0.2) is 99.8 Å². The van der Waals surface area contributed by atoms with Crippen molar-refractivity contribution in [1.82, 2.24) is 9.97 Å². The molecule has 8 rings (SSSR count). The van der Waals surface area contributed by atoms with Crippen molar-refractivity contribution in [2.45, 2.75) is 0 Å². The molecule has 5 heteroatoms. The summed E-state index contributed by atoms with van der Waals surface area (Å²) in [6.07, 6.45) is 0. The molecular weight excluding hydrogens is 456 g/mol. The topological polar surface area (TPSA) is 52.1 Å². The van der Waals surface area contributed by atoms with E-state index in [9.17, 15) is 0 Å². The number of aromatic nitrogens is 2. The van der Waals surface area contributed by atoms with Gasteiger partial charge in [-0.15, -0.1) is 0 Å². The lowest BCUT2D eigenvalue weighted by Gasteiger charge is -2.15. The lowest BCUT2D eigenvalue weighted by molar-refractivity contribution is 0.620. The maximum Gasteiger partial charge on any atom is 0.227 e. The zero-order chi connectivity index (χ0) is 23.1. The Kier molecular flexibility index (Phi) is 3.69. The van der Waals surface area contributed by atoms with Crippen LogP contribution in [0.1, 0.15) is 0 Å². The van der Waals surface area contributed by atoms with Crippen LogP contribution in [-0.4, -0.2) is 9.97 Å². The summed E-state index contributed by atoms with van der Waals surface area (Å²) in [7, 11) is 0. The molecule has 0 saturated heterocycles. The lowest BCUT2D eigenvalue weighted by atomic mass is 9.90. The molecule has 35 heavy (non-hydrogen) atoms. The van der Waals surface area contributed by atoms with Gasteiger partial charge in [0.05, 0.1) is 0 Å². The van der Waals surface area contributed by atoms with E-state index < -0.39 is 0 Å². The predicted molar refractivity (Wildman–Crippen MR) is 141 cm³/mol. The third kappa shape index (κ3) is 2.63. The number of oxazole rings is 2. The molecule has 0 unspecified atom stereocenters. The standard InChI is InChI=1S/C30H15ClN2O2/c31-22-15-16-9-10-19(29-32-23-5-1-3-7-25(23)34-29)17-11-12-18-20(13-14-21(22)28(18)27(16)17)30-33-24-6-2-4-8-26(24)35-30/h1-15H. The van der Waals surface area contributed by atoms with Crippen molar-refractivity contribution >= 4 is 66.1 Å². The Hall–Kier alpha value is -4.41. The van der Waals surface area contributed by atoms with Gasteiger partial charge in [0.1, 0.15) is 11.0 Å². The Balaban J connectivity index is 1.47. The fraction of sp³-hybridized carbons (Fsp3) is 0. The number of benzene rings is 6. The van der Waals surface area contributed by atoms with Gasteiger partial charge >= 0.3 is 0 Å². The van der Waals surface area contributed by atoms with Crippen molar-refractivity contribution in [3.8, 4) is 22.9 Å². The molecule has 164 valence electrons. The highest BCUT2D eigenvalue weighted by Gasteiger charge is 2.20. The van der Waals surface area contributed by atoms with E-state index in [2.05, 4.69) is 30.3 Å². The highest BCUT2D eigenvalue weighted by Crippen LogP contribution is 2.44. The van der Waals surface area contributed by atoms with E-state index in [1.165, 1.54) is 0 Å². The molecule has 0 aliphatic rings. The minimum atomic E-state index is 0.597. The first-order valence-electron chi connectivity index (χ1n) is 11.4. The van der Waals surface area contributed by atoms with E-state index in [1.54, 1.807) is 0 Å². The third-order valence-corrected chi connectivity index (χ3v) is 7.09. The zero-order valence-corrected chi connectivity index (χ0v) is 19.0. The first-order chi connectivity index (χ1) is 17.2. The molecule has 0 atom stereocenters. The fourth-order valence-electron chi connectivity index (χ4n) is 5.20. The van der Waals surface area contributed by atoms with Crippen LogP contribution in [-0.2, 0) is 0 Å². The van der Waals surface area contributed by atoms with Gasteiger partial charge in [-0.1, -0.05) is 60.1 Å². The molecule has 6 aromatic carbocycles. The molecule has 0 N–H and O–H groups in total. The molecule has 0 amide bonds. The SMILES string of the molecule is Clc1cc2ccc(-c3nc4ccccc4o3)c3ccc4c(-c5nc6ccccc6o5)ccc1c4c23. The predicted octanol–water partition coefficient (Wildman–Crippen LogP) is 8.85. The Bertz CT molecular complexity index is 2020. The second-order valence-corrected chi connectivity index (χ2v) is 9.15. The average Bonchev–Trinajstić information content (AvgIpc) is 3.51. The molecule has 8 aromatic rings. The van der Waals surface area contributed by atoms with E-state index in [1.807, 2.05) is 60.7 Å². The number of hydrogen-bond donors (Lipinski definition) is 0. The summed E-state index contributed by atoms with van der Waals surface area (Å²) in [5.74, 6) is 1.20. The first-order valence-corrected chi connectivity index (χ1v) is 11.7. The van der Waals surface area contributed by atoms with Crippen LogP contribution in [0.5, 0.6) is 0 Å². The summed E-state index contributed by atoms with van der Waals surface area (Å²) >= 11 is 6.76. The number of nitrogens with zero attached hydrogens (tertiary/aromatic N) is 2. The van der Waals surface area contributed by atoms with E-state index >= 15 is 0 Å². The van der Waals surface area contributed by atoms with Gasteiger partial charge in [0.25, 0.3) is 0 Å². The fourth-order valence-corrected chi connectivity index (χ4v) is 5.47. The second-order valence-electron chi connectivity index (χ2n) is 8.74. The van der Waals surface area contributed by atoms with Crippen LogP contribution >= 0.6 is 11.6 Å². The minimum Gasteiger partial charge on any atom is -0.436 e. The molecule has 4 nitrogen and oxygen atoms in total. The van der Waals surface area contributed by atoms with Gasteiger partial charge in [-0.25, -0.2) is 9.97 Å². The van der Waals surface area contributed by atoms with Crippen LogP contribution in [0, 0.1) is 0 Å². The van der Waals surface area contributed by atoms with Crippen LogP contribution in [0.4, 0.5) is 0 Å². The number of fused-ring (bicyclic) bond motifs is 2. The van der Waals surface area contributed by atoms with Gasteiger partial charge in [-0.3, -0.25) is 0 Å². The molecule has 0 saturated carbocycles. The molecule has 0 bridgehead atoms. The number of rotatable bonds is 2. The molecule has 0 fully saturated rings. The van der Waals surface area contributed by atoms with Gasteiger partial charge < -0.3 is 8.83 Å².